The van der Waals surface area contributed by atoms with Gasteiger partial charge in [-0.25, -0.2) is 0 Å². The van der Waals surface area contributed by atoms with Gasteiger partial charge in [0.2, 0.25) is 5.82 Å². The van der Waals surface area contributed by atoms with Gasteiger partial charge in [-0.2, -0.15) is 10.3 Å². The summed E-state index contributed by atoms with van der Waals surface area (Å²) in [4.78, 5) is 0. The number of hydrogen-bond acceptors (Lipinski definition) is 5. The van der Waals surface area contributed by atoms with E-state index in [1.165, 1.54) is 5.56 Å². The molecule has 4 rings (SSSR count). The second-order valence-electron chi connectivity index (χ2n) is 7.25. The summed E-state index contributed by atoms with van der Waals surface area (Å²) in [5, 5.41) is 29.1. The molecule has 2 N–H and O–H groups in total. The van der Waals surface area contributed by atoms with Crippen molar-refractivity contribution in [1.29, 1.82) is 0 Å². The van der Waals surface area contributed by atoms with Crippen molar-refractivity contribution in [3.05, 3.63) is 71.0 Å². The summed E-state index contributed by atoms with van der Waals surface area (Å²) in [6.07, 6.45) is 2.72. The van der Waals surface area contributed by atoms with Gasteiger partial charge in [-0.1, -0.05) is 61.9 Å². The van der Waals surface area contributed by atoms with E-state index in [0.29, 0.717) is 5.82 Å². The van der Waals surface area contributed by atoms with Crippen molar-refractivity contribution in [3.63, 3.8) is 0 Å². The number of hydrogen-bond donors (Lipinski definition) is 2. The molecule has 0 radical (unpaired) electrons. The van der Waals surface area contributed by atoms with Gasteiger partial charge in [0.15, 0.2) is 0 Å². The molecule has 2 aromatic heterocycles. The summed E-state index contributed by atoms with van der Waals surface area (Å²) in [5.74, 6) is 0.582. The molecule has 2 heterocycles. The third kappa shape index (κ3) is 3.89. The lowest BCUT2D eigenvalue weighted by molar-refractivity contribution is 0.267. The molecule has 7 nitrogen and oxygen atoms in total. The Labute approximate surface area is 175 Å². The average Bonchev–Trinajstić information content (AvgIpc) is 3.43. The van der Waals surface area contributed by atoms with Crippen LogP contribution in [0.25, 0.3) is 22.5 Å². The van der Waals surface area contributed by atoms with E-state index in [1.54, 1.807) is 0 Å². The van der Waals surface area contributed by atoms with Gasteiger partial charge < -0.3 is 5.11 Å². The fourth-order valence-corrected chi connectivity index (χ4v) is 3.88. The third-order valence-electron chi connectivity index (χ3n) is 5.34. The van der Waals surface area contributed by atoms with Crippen LogP contribution in [0.4, 0.5) is 0 Å². The number of tetrazole rings is 1. The topological polar surface area (TPSA) is 92.5 Å². The van der Waals surface area contributed by atoms with Crippen molar-refractivity contribution in [1.82, 2.24) is 30.4 Å². The molecule has 0 aliphatic heterocycles. The number of aliphatic hydroxyl groups is 1. The molecule has 0 fully saturated rings. The number of aromatic nitrogens is 6. The first-order valence-corrected chi connectivity index (χ1v) is 10.4. The number of H-pyrrole nitrogens is 1. The van der Waals surface area contributed by atoms with Gasteiger partial charge >= 0.3 is 0 Å². The second kappa shape index (κ2) is 9.00. The molecule has 0 saturated carbocycles. The summed E-state index contributed by atoms with van der Waals surface area (Å²) < 4.78 is 1.93. The van der Waals surface area contributed by atoms with Crippen LogP contribution >= 0.6 is 0 Å². The molecule has 4 aromatic rings. The molecule has 0 aliphatic carbocycles. The molecule has 7 heteroatoms. The van der Waals surface area contributed by atoms with Gasteiger partial charge in [0.05, 0.1) is 18.0 Å². The Morgan fingerprint density at radius 3 is 2.40 bits per heavy atom. The zero-order valence-corrected chi connectivity index (χ0v) is 17.3. The van der Waals surface area contributed by atoms with E-state index >= 15 is 0 Å². The van der Waals surface area contributed by atoms with Crippen LogP contribution in [-0.2, 0) is 26.0 Å². The minimum absolute atomic E-state index is 0.00997. The van der Waals surface area contributed by atoms with Crippen LogP contribution in [0, 0.1) is 0 Å². The maximum Gasteiger partial charge on any atom is 0.205 e. The van der Waals surface area contributed by atoms with Gasteiger partial charge in [0.25, 0.3) is 0 Å². The average molecular weight is 403 g/mol. The standard InChI is InChI=1S/C23H26N6O/c1-3-7-21-20(22(15-30)29(4-2)26-21)14-16-10-12-17(13-11-16)18-8-5-6-9-19(18)23-24-27-28-25-23/h5-6,8-13,30H,3-4,7,14-15H2,1-2H3,(H,24,25,27,28). The van der Waals surface area contributed by atoms with Crippen molar-refractivity contribution < 1.29 is 5.11 Å². The number of aromatic amines is 1. The minimum Gasteiger partial charge on any atom is -0.390 e. The van der Waals surface area contributed by atoms with Gasteiger partial charge in [0, 0.05) is 24.1 Å². The molecule has 0 unspecified atom stereocenters. The highest BCUT2D eigenvalue weighted by Gasteiger charge is 2.17. The zero-order valence-electron chi connectivity index (χ0n) is 17.3. The smallest absolute Gasteiger partial charge is 0.205 e. The van der Waals surface area contributed by atoms with Gasteiger partial charge in [0.1, 0.15) is 0 Å². The van der Waals surface area contributed by atoms with E-state index in [4.69, 9.17) is 5.10 Å². The third-order valence-corrected chi connectivity index (χ3v) is 5.34. The largest absolute Gasteiger partial charge is 0.390 e. The van der Waals surface area contributed by atoms with E-state index in [1.807, 2.05) is 22.9 Å². The van der Waals surface area contributed by atoms with Crippen LogP contribution in [0.3, 0.4) is 0 Å². The molecule has 30 heavy (non-hydrogen) atoms. The number of nitrogens with zero attached hydrogens (tertiary/aromatic N) is 5. The van der Waals surface area contributed by atoms with Crippen molar-refractivity contribution >= 4 is 0 Å². The molecule has 0 saturated heterocycles. The first-order valence-electron chi connectivity index (χ1n) is 10.4. The fraction of sp³-hybridized carbons (Fsp3) is 0.304. The lowest BCUT2D eigenvalue weighted by Gasteiger charge is -2.09. The van der Waals surface area contributed by atoms with Gasteiger partial charge in [-0.05, 0) is 35.2 Å². The van der Waals surface area contributed by atoms with Crippen LogP contribution in [0.2, 0.25) is 0 Å². The Balaban J connectivity index is 1.64. The van der Waals surface area contributed by atoms with Gasteiger partial charge in [-0.15, -0.1) is 10.2 Å². The predicted molar refractivity (Wildman–Crippen MR) is 116 cm³/mol. The highest BCUT2D eigenvalue weighted by molar-refractivity contribution is 5.80. The first-order chi connectivity index (χ1) is 14.7. The minimum atomic E-state index is 0.00997. The summed E-state index contributed by atoms with van der Waals surface area (Å²) in [5.41, 5.74) is 7.46. The Morgan fingerprint density at radius 1 is 1.00 bits per heavy atom. The Kier molecular flexibility index (Phi) is 5.99. The number of benzene rings is 2. The summed E-state index contributed by atoms with van der Waals surface area (Å²) in [6, 6.07) is 16.6. The van der Waals surface area contributed by atoms with E-state index in [2.05, 4.69) is 64.8 Å². The normalized spacial score (nSPS) is 11.2. The van der Waals surface area contributed by atoms with Crippen molar-refractivity contribution in [3.8, 4) is 22.5 Å². The number of aliphatic hydroxyl groups excluding tert-OH is 1. The van der Waals surface area contributed by atoms with Crippen molar-refractivity contribution in [2.24, 2.45) is 0 Å². The number of rotatable bonds is 8. The molecule has 154 valence electrons. The molecule has 0 amide bonds. The fourth-order valence-electron chi connectivity index (χ4n) is 3.88. The predicted octanol–water partition coefficient (Wildman–Crippen LogP) is 3.79. The Hall–Kier alpha value is -3.32. The molecule has 0 spiro atoms. The lowest BCUT2D eigenvalue weighted by atomic mass is 9.96. The van der Waals surface area contributed by atoms with Gasteiger partial charge in [-0.3, -0.25) is 4.68 Å². The van der Waals surface area contributed by atoms with E-state index in [9.17, 15) is 5.11 Å². The molecule has 0 bridgehead atoms. The zero-order chi connectivity index (χ0) is 20.9. The van der Waals surface area contributed by atoms with E-state index in [-0.39, 0.29) is 6.61 Å². The Morgan fingerprint density at radius 2 is 1.77 bits per heavy atom. The highest BCUT2D eigenvalue weighted by Crippen LogP contribution is 2.30. The van der Waals surface area contributed by atoms with Crippen LogP contribution in [-0.4, -0.2) is 35.5 Å². The van der Waals surface area contributed by atoms with E-state index in [0.717, 1.165) is 59.4 Å². The molecular formula is C23H26N6O. The molecular weight excluding hydrogens is 376 g/mol. The monoisotopic (exact) mass is 402 g/mol. The Bertz CT molecular complexity index is 1100. The van der Waals surface area contributed by atoms with Crippen LogP contribution < -0.4 is 0 Å². The lowest BCUT2D eigenvalue weighted by Crippen LogP contribution is -2.04. The van der Waals surface area contributed by atoms with Crippen molar-refractivity contribution in [2.75, 3.05) is 0 Å². The maximum absolute atomic E-state index is 9.92. The maximum atomic E-state index is 9.92. The summed E-state index contributed by atoms with van der Waals surface area (Å²) in [6.45, 7) is 4.99. The number of aryl methyl sites for hydroxylation is 2. The SMILES string of the molecule is CCCc1nn(CC)c(CO)c1Cc1ccc(-c2ccccc2-c2nn[nH]n2)cc1. The molecule has 0 atom stereocenters. The first kappa shape index (κ1) is 20.0. The summed E-state index contributed by atoms with van der Waals surface area (Å²) >= 11 is 0. The second-order valence-corrected chi connectivity index (χ2v) is 7.25. The van der Waals surface area contributed by atoms with Crippen molar-refractivity contribution in [2.45, 2.75) is 46.3 Å². The van der Waals surface area contributed by atoms with E-state index < -0.39 is 0 Å². The van der Waals surface area contributed by atoms with Crippen LogP contribution in [0.15, 0.2) is 48.5 Å². The molecule has 2 aromatic carbocycles. The number of nitrogens with one attached hydrogen (secondary N) is 1. The molecule has 0 aliphatic rings. The summed E-state index contributed by atoms with van der Waals surface area (Å²) in [7, 11) is 0. The van der Waals surface area contributed by atoms with Crippen LogP contribution in [0.1, 0.15) is 42.8 Å². The van der Waals surface area contributed by atoms with Crippen LogP contribution in [0.5, 0.6) is 0 Å². The quantitative estimate of drug-likeness (QED) is 0.468. The highest BCUT2D eigenvalue weighted by atomic mass is 16.3.